The molecular formula is C16H27N. The van der Waals surface area contributed by atoms with Crippen molar-refractivity contribution in [3.63, 3.8) is 0 Å². The second-order valence-electron chi connectivity index (χ2n) is 4.75. The van der Waals surface area contributed by atoms with E-state index in [0.717, 1.165) is 11.8 Å². The van der Waals surface area contributed by atoms with Crippen molar-refractivity contribution in [2.45, 2.75) is 40.0 Å². The van der Waals surface area contributed by atoms with E-state index in [0.29, 0.717) is 0 Å². The molecule has 0 spiro atoms. The van der Waals surface area contributed by atoms with Crippen molar-refractivity contribution in [3.05, 3.63) is 35.9 Å². The Morgan fingerprint density at radius 2 is 1.76 bits per heavy atom. The van der Waals surface area contributed by atoms with Gasteiger partial charge >= 0.3 is 0 Å². The molecule has 1 aromatic carbocycles. The molecule has 1 saturated heterocycles. The Kier molecular flexibility index (Phi) is 6.28. The summed E-state index contributed by atoms with van der Waals surface area (Å²) in [6.07, 6.45) is 1.27. The Labute approximate surface area is 107 Å². The molecule has 1 fully saturated rings. The molecule has 1 aromatic rings. The van der Waals surface area contributed by atoms with Crippen molar-refractivity contribution in [1.29, 1.82) is 0 Å². The molecule has 0 aromatic heterocycles. The fourth-order valence-electron chi connectivity index (χ4n) is 2.70. The molecule has 2 unspecified atom stereocenters. The fraction of sp³-hybridized carbons (Fsp3) is 0.625. The normalized spacial score (nSPS) is 24.2. The Morgan fingerprint density at radius 1 is 1.12 bits per heavy atom. The van der Waals surface area contributed by atoms with Gasteiger partial charge in [-0.2, -0.15) is 0 Å². The molecule has 2 rings (SSSR count). The van der Waals surface area contributed by atoms with Crippen LogP contribution in [0.1, 0.15) is 45.6 Å². The Morgan fingerprint density at radius 3 is 2.35 bits per heavy atom. The molecule has 1 nitrogen and oxygen atoms in total. The Bertz CT molecular complexity index is 294. The van der Waals surface area contributed by atoms with Gasteiger partial charge < -0.3 is 4.90 Å². The number of benzene rings is 1. The largest absolute Gasteiger partial charge is 0.302 e. The SMILES string of the molecule is CC.CCCN1CC(C)C(c2ccccc2)C1. The molecule has 0 radical (unpaired) electrons. The minimum atomic E-state index is 0.748. The lowest BCUT2D eigenvalue weighted by Gasteiger charge is -2.15. The molecule has 1 aliphatic heterocycles. The molecular weight excluding hydrogens is 206 g/mol. The topological polar surface area (TPSA) is 3.24 Å². The summed E-state index contributed by atoms with van der Waals surface area (Å²) >= 11 is 0. The molecule has 2 atom stereocenters. The second-order valence-corrected chi connectivity index (χ2v) is 4.75. The average Bonchev–Trinajstić information content (AvgIpc) is 2.74. The highest BCUT2D eigenvalue weighted by Crippen LogP contribution is 2.31. The Balaban J connectivity index is 0.000000686. The van der Waals surface area contributed by atoms with Crippen molar-refractivity contribution in [3.8, 4) is 0 Å². The molecule has 0 N–H and O–H groups in total. The van der Waals surface area contributed by atoms with E-state index in [1.54, 1.807) is 0 Å². The monoisotopic (exact) mass is 233 g/mol. The molecule has 0 saturated carbocycles. The van der Waals surface area contributed by atoms with E-state index >= 15 is 0 Å². The van der Waals surface area contributed by atoms with E-state index in [9.17, 15) is 0 Å². The van der Waals surface area contributed by atoms with E-state index in [2.05, 4.69) is 49.1 Å². The van der Waals surface area contributed by atoms with Crippen LogP contribution in [-0.2, 0) is 0 Å². The van der Waals surface area contributed by atoms with Gasteiger partial charge in [0.05, 0.1) is 0 Å². The Hall–Kier alpha value is -0.820. The summed E-state index contributed by atoms with van der Waals surface area (Å²) in [6, 6.07) is 11.0. The van der Waals surface area contributed by atoms with Gasteiger partial charge in [-0.15, -0.1) is 0 Å². The molecule has 1 aliphatic rings. The maximum absolute atomic E-state index is 2.60. The van der Waals surface area contributed by atoms with Gasteiger partial charge in [-0.05, 0) is 24.4 Å². The van der Waals surface area contributed by atoms with Crippen LogP contribution < -0.4 is 0 Å². The molecule has 1 heterocycles. The van der Waals surface area contributed by atoms with Crippen LogP contribution in [-0.4, -0.2) is 24.5 Å². The minimum absolute atomic E-state index is 0.748. The summed E-state index contributed by atoms with van der Waals surface area (Å²) in [6.45, 7) is 12.4. The average molecular weight is 233 g/mol. The molecule has 0 bridgehead atoms. The smallest absolute Gasteiger partial charge is 0.00534 e. The third kappa shape index (κ3) is 3.85. The van der Waals surface area contributed by atoms with Gasteiger partial charge in [0.15, 0.2) is 0 Å². The van der Waals surface area contributed by atoms with Crippen LogP contribution in [0.15, 0.2) is 30.3 Å². The zero-order valence-corrected chi connectivity index (χ0v) is 11.8. The van der Waals surface area contributed by atoms with E-state index in [-0.39, 0.29) is 0 Å². The number of hydrogen-bond acceptors (Lipinski definition) is 1. The lowest BCUT2D eigenvalue weighted by atomic mass is 9.90. The van der Waals surface area contributed by atoms with Gasteiger partial charge in [-0.25, -0.2) is 0 Å². The van der Waals surface area contributed by atoms with Crippen molar-refractivity contribution in [2.24, 2.45) is 5.92 Å². The summed E-state index contributed by atoms with van der Waals surface area (Å²) in [4.78, 5) is 2.60. The third-order valence-electron chi connectivity index (χ3n) is 3.46. The van der Waals surface area contributed by atoms with Crippen LogP contribution in [0.5, 0.6) is 0 Å². The zero-order valence-electron chi connectivity index (χ0n) is 11.8. The standard InChI is InChI=1S/C14H21N.C2H6/c1-3-9-15-10-12(2)14(11-15)13-7-5-4-6-8-13;1-2/h4-8,12,14H,3,9-11H2,1-2H3;1-2H3. The molecule has 0 amide bonds. The first-order chi connectivity index (χ1) is 8.31. The summed E-state index contributed by atoms with van der Waals surface area (Å²) in [5.74, 6) is 1.55. The molecule has 17 heavy (non-hydrogen) atoms. The van der Waals surface area contributed by atoms with Crippen LogP contribution in [0.4, 0.5) is 0 Å². The second kappa shape index (κ2) is 7.50. The van der Waals surface area contributed by atoms with E-state index < -0.39 is 0 Å². The first-order valence-corrected chi connectivity index (χ1v) is 7.08. The first kappa shape index (κ1) is 14.2. The molecule has 96 valence electrons. The quantitative estimate of drug-likeness (QED) is 0.758. The first-order valence-electron chi connectivity index (χ1n) is 7.08. The van der Waals surface area contributed by atoms with Crippen molar-refractivity contribution < 1.29 is 0 Å². The van der Waals surface area contributed by atoms with Gasteiger partial charge in [0.2, 0.25) is 0 Å². The summed E-state index contributed by atoms with van der Waals surface area (Å²) in [7, 11) is 0. The van der Waals surface area contributed by atoms with Gasteiger partial charge in [-0.1, -0.05) is 58.0 Å². The van der Waals surface area contributed by atoms with E-state index in [1.165, 1.54) is 31.6 Å². The van der Waals surface area contributed by atoms with Crippen LogP contribution >= 0.6 is 0 Å². The van der Waals surface area contributed by atoms with Crippen LogP contribution in [0.2, 0.25) is 0 Å². The number of rotatable bonds is 3. The number of likely N-dealkylation sites (tertiary alicyclic amines) is 1. The number of hydrogen-bond donors (Lipinski definition) is 0. The molecule has 1 heteroatoms. The summed E-state index contributed by atoms with van der Waals surface area (Å²) in [5, 5.41) is 0. The number of nitrogens with zero attached hydrogens (tertiary/aromatic N) is 1. The highest BCUT2D eigenvalue weighted by molar-refractivity contribution is 5.22. The van der Waals surface area contributed by atoms with E-state index in [4.69, 9.17) is 0 Å². The highest BCUT2D eigenvalue weighted by atomic mass is 15.1. The highest BCUT2D eigenvalue weighted by Gasteiger charge is 2.29. The van der Waals surface area contributed by atoms with Crippen molar-refractivity contribution >= 4 is 0 Å². The van der Waals surface area contributed by atoms with Gasteiger partial charge in [0.1, 0.15) is 0 Å². The third-order valence-corrected chi connectivity index (χ3v) is 3.46. The van der Waals surface area contributed by atoms with Crippen LogP contribution in [0.25, 0.3) is 0 Å². The lowest BCUT2D eigenvalue weighted by Crippen LogP contribution is -2.21. The minimum Gasteiger partial charge on any atom is -0.302 e. The van der Waals surface area contributed by atoms with Crippen molar-refractivity contribution in [1.82, 2.24) is 4.90 Å². The van der Waals surface area contributed by atoms with Crippen molar-refractivity contribution in [2.75, 3.05) is 19.6 Å². The zero-order chi connectivity index (χ0) is 12.7. The van der Waals surface area contributed by atoms with Gasteiger partial charge in [-0.3, -0.25) is 0 Å². The fourth-order valence-corrected chi connectivity index (χ4v) is 2.70. The van der Waals surface area contributed by atoms with Crippen LogP contribution in [0.3, 0.4) is 0 Å². The summed E-state index contributed by atoms with van der Waals surface area (Å²) in [5.41, 5.74) is 1.52. The molecule has 0 aliphatic carbocycles. The lowest BCUT2D eigenvalue weighted by molar-refractivity contribution is 0.327. The maximum Gasteiger partial charge on any atom is 0.00534 e. The van der Waals surface area contributed by atoms with E-state index in [1.807, 2.05) is 13.8 Å². The van der Waals surface area contributed by atoms with Gasteiger partial charge in [0, 0.05) is 19.0 Å². The summed E-state index contributed by atoms with van der Waals surface area (Å²) < 4.78 is 0. The predicted octanol–water partition coefficient (Wildman–Crippen LogP) is 4.16. The predicted molar refractivity (Wildman–Crippen MR) is 76.4 cm³/mol. The van der Waals surface area contributed by atoms with Gasteiger partial charge in [0.25, 0.3) is 0 Å². The maximum atomic E-state index is 2.60. The van der Waals surface area contributed by atoms with Crippen LogP contribution in [0, 0.1) is 5.92 Å².